The molecule has 4 nitrogen and oxygen atoms in total. The summed E-state index contributed by atoms with van der Waals surface area (Å²) in [4.78, 5) is 4.19. The van der Waals surface area contributed by atoms with Gasteiger partial charge in [0.05, 0.1) is 5.69 Å². The van der Waals surface area contributed by atoms with Gasteiger partial charge in [-0.15, -0.1) is 0 Å². The minimum absolute atomic E-state index is 0.377. The van der Waals surface area contributed by atoms with E-state index in [1.807, 2.05) is 37.3 Å². The standard InChI is InChI=1S/C14H13ClN4S.2ClH.Cu/c1-10(13-7-2-3-8-16-13)18-19-14(20)17-12-6-4-5-11(15)9-12;;;/h2-9H,1H3,(H2,16,17,19,20);2*1H;/q;;;+2/p-2. The number of halogens is 3. The summed E-state index contributed by atoms with van der Waals surface area (Å²) in [6.07, 6.45) is 1.71. The van der Waals surface area contributed by atoms with Crippen LogP contribution in [0.4, 0.5) is 5.69 Å². The Bertz CT molecular complexity index is 655. The molecule has 1 aromatic carbocycles. The van der Waals surface area contributed by atoms with Gasteiger partial charge in [-0.1, -0.05) is 23.7 Å². The zero-order chi connectivity index (χ0) is 17.1. The molecule has 127 valence electrons. The van der Waals surface area contributed by atoms with Crippen molar-refractivity contribution in [1.29, 1.82) is 0 Å². The fourth-order valence-electron chi connectivity index (χ4n) is 1.47. The molecule has 0 radical (unpaired) electrons. The molecule has 0 atom stereocenters. The number of benzene rings is 1. The third kappa shape index (κ3) is 8.51. The van der Waals surface area contributed by atoms with Crippen molar-refractivity contribution in [2.24, 2.45) is 5.10 Å². The molecule has 0 fully saturated rings. The van der Waals surface area contributed by atoms with Crippen LogP contribution in [-0.2, 0) is 25.4 Å². The van der Waals surface area contributed by atoms with Gasteiger partial charge in [0.1, 0.15) is 0 Å². The van der Waals surface area contributed by atoms with E-state index >= 15 is 0 Å². The number of nitrogens with one attached hydrogen (secondary N) is 1. The molecule has 1 aromatic heterocycles. The Hall–Kier alpha value is -0.881. The normalized spacial score (nSPS) is 10.5. The maximum absolute atomic E-state index is 5.90. The number of aromatic nitrogens is 1. The molecule has 0 aliphatic carbocycles. The molecule has 1 N–H and O–H groups in total. The van der Waals surface area contributed by atoms with E-state index in [-0.39, 0.29) is 0 Å². The number of hydrogen-bond acceptors (Lipinski definition) is 2. The zero-order valence-corrected chi connectivity index (χ0v) is 15.9. The summed E-state index contributed by atoms with van der Waals surface area (Å²) in [6.45, 7) is 1.84. The van der Waals surface area contributed by atoms with Crippen molar-refractivity contribution in [3.05, 3.63) is 64.8 Å². The SMILES string of the molecule is CC(=N[N-]C(=[SH+])Nc1cccc(Cl)c1)c1ccccn1.[Cl][Cu][Cl]. The third-order valence-corrected chi connectivity index (χ3v) is 2.85. The Kier molecular flexibility index (Phi) is 10.2. The summed E-state index contributed by atoms with van der Waals surface area (Å²) in [7, 11) is 9.34. The van der Waals surface area contributed by atoms with E-state index in [9.17, 15) is 0 Å². The van der Waals surface area contributed by atoms with Crippen LogP contribution in [0.2, 0.25) is 5.02 Å². The van der Waals surface area contributed by atoms with Gasteiger partial charge in [0, 0.05) is 22.6 Å². The van der Waals surface area contributed by atoms with Crippen LogP contribution >= 0.6 is 31.8 Å². The second kappa shape index (κ2) is 11.6. The van der Waals surface area contributed by atoms with Gasteiger partial charge in [-0.05, 0) is 37.3 Å². The molecule has 0 aliphatic rings. The molecule has 0 amide bonds. The summed E-state index contributed by atoms with van der Waals surface area (Å²) < 4.78 is 0. The molecule has 2 aromatic rings. The molecule has 0 aliphatic heterocycles. The van der Waals surface area contributed by atoms with Crippen molar-refractivity contribution in [1.82, 2.24) is 4.98 Å². The Balaban J connectivity index is 0.000000816. The first-order valence-corrected chi connectivity index (χ1v) is 9.55. The minimum atomic E-state index is 0.377. The van der Waals surface area contributed by atoms with Crippen LogP contribution in [0.3, 0.4) is 0 Å². The number of thiol groups is 1. The Morgan fingerprint density at radius 2 is 2.00 bits per heavy atom. The van der Waals surface area contributed by atoms with Gasteiger partial charge in [-0.3, -0.25) is 4.98 Å². The molecule has 2 rings (SSSR count). The molecule has 0 spiro atoms. The van der Waals surface area contributed by atoms with Crippen LogP contribution in [0.15, 0.2) is 53.8 Å². The quantitative estimate of drug-likeness (QED) is 0.189. The third-order valence-electron chi connectivity index (χ3n) is 2.41. The van der Waals surface area contributed by atoms with Gasteiger partial charge in [0.2, 0.25) is 5.11 Å². The number of hydrogen-bond donors (Lipinski definition) is 1. The first kappa shape index (κ1) is 20.2. The molecule has 1 heterocycles. The van der Waals surface area contributed by atoms with Gasteiger partial charge in [-0.25, -0.2) is 0 Å². The fraction of sp³-hybridized carbons (Fsp3) is 0.0714. The van der Waals surface area contributed by atoms with Crippen LogP contribution in [0.1, 0.15) is 12.6 Å². The van der Waals surface area contributed by atoms with Gasteiger partial charge in [-0.2, -0.15) is 0 Å². The molecular weight excluding hydrogens is 426 g/mol. The zero-order valence-electron chi connectivity index (χ0n) is 11.8. The molecule has 23 heavy (non-hydrogen) atoms. The van der Waals surface area contributed by atoms with Gasteiger partial charge < -0.3 is 15.8 Å². The van der Waals surface area contributed by atoms with Crippen LogP contribution in [0, 0.1) is 0 Å². The topological polar surface area (TPSA) is 51.4 Å². The van der Waals surface area contributed by atoms with Crippen LogP contribution in [0.5, 0.6) is 0 Å². The molecule has 0 saturated carbocycles. The van der Waals surface area contributed by atoms with Gasteiger partial charge >= 0.3 is 33.3 Å². The number of pyridine rings is 1. The van der Waals surface area contributed by atoms with Crippen molar-refractivity contribution >= 4 is 60.5 Å². The van der Waals surface area contributed by atoms with E-state index in [1.54, 1.807) is 18.3 Å². The van der Waals surface area contributed by atoms with E-state index in [0.29, 0.717) is 15.8 Å². The van der Waals surface area contributed by atoms with E-state index in [0.717, 1.165) is 24.5 Å². The summed E-state index contributed by atoms with van der Waals surface area (Å²) in [5.41, 5.74) is 6.29. The first-order valence-electron chi connectivity index (χ1n) is 6.13. The average Bonchev–Trinajstić information content (AvgIpc) is 2.54. The van der Waals surface area contributed by atoms with E-state index in [4.69, 9.17) is 11.6 Å². The van der Waals surface area contributed by atoms with Crippen molar-refractivity contribution in [2.45, 2.75) is 6.92 Å². The van der Waals surface area contributed by atoms with Crippen LogP contribution in [0.25, 0.3) is 5.43 Å². The van der Waals surface area contributed by atoms with Crippen molar-refractivity contribution in [3.63, 3.8) is 0 Å². The van der Waals surface area contributed by atoms with E-state index in [1.165, 1.54) is 0 Å². The monoisotopic (exact) mass is 437 g/mol. The molecule has 0 saturated heterocycles. The summed E-state index contributed by atoms with van der Waals surface area (Å²) >= 11 is 10.9. The molecule has 0 unspecified atom stereocenters. The number of anilines is 1. The molecular formula is C14H13Cl3CuN4S. The van der Waals surface area contributed by atoms with Crippen LogP contribution in [-0.4, -0.2) is 15.8 Å². The van der Waals surface area contributed by atoms with Crippen molar-refractivity contribution in [2.75, 3.05) is 5.32 Å². The van der Waals surface area contributed by atoms with Crippen LogP contribution < -0.4 is 5.32 Å². The number of nitrogens with zero attached hydrogens (tertiary/aromatic N) is 3. The number of rotatable bonds is 3. The Morgan fingerprint density at radius 3 is 2.61 bits per heavy atom. The Morgan fingerprint density at radius 1 is 1.26 bits per heavy atom. The Labute approximate surface area is 160 Å². The van der Waals surface area contributed by atoms with Crippen molar-refractivity contribution < 1.29 is 13.1 Å². The van der Waals surface area contributed by atoms with Crippen molar-refractivity contribution in [3.8, 4) is 0 Å². The van der Waals surface area contributed by atoms with E-state index < -0.39 is 0 Å². The maximum atomic E-state index is 5.90. The predicted molar refractivity (Wildman–Crippen MR) is 100 cm³/mol. The second-order valence-electron chi connectivity index (χ2n) is 4.00. The summed E-state index contributed by atoms with van der Waals surface area (Å²) in [6, 6.07) is 12.9. The summed E-state index contributed by atoms with van der Waals surface area (Å²) in [5.74, 6) is 0. The average molecular weight is 439 g/mol. The van der Waals surface area contributed by atoms with Gasteiger partial charge in [0.25, 0.3) is 0 Å². The molecule has 9 heteroatoms. The van der Waals surface area contributed by atoms with Gasteiger partial charge in [0.15, 0.2) is 12.2 Å². The molecule has 0 bridgehead atoms. The van der Waals surface area contributed by atoms with E-state index in [2.05, 4.69) is 53.2 Å². The summed E-state index contributed by atoms with van der Waals surface area (Å²) in [5, 5.41) is 8.10. The fourth-order valence-corrected chi connectivity index (χ4v) is 1.83. The predicted octanol–water partition coefficient (Wildman–Crippen LogP) is 4.69. The first-order chi connectivity index (χ1) is 11.1. The second-order valence-corrected chi connectivity index (χ2v) is 6.42.